The maximum atomic E-state index is 5.99. The summed E-state index contributed by atoms with van der Waals surface area (Å²) in [4.78, 5) is 2.28. The van der Waals surface area contributed by atoms with Crippen LogP contribution in [0.1, 0.15) is 12.5 Å². The lowest BCUT2D eigenvalue weighted by atomic mass is 10.1. The molecule has 0 aliphatic heterocycles. The van der Waals surface area contributed by atoms with Gasteiger partial charge in [0, 0.05) is 23.8 Å². The zero-order valence-electron chi connectivity index (χ0n) is 9.94. The Kier molecular flexibility index (Phi) is 4.05. The van der Waals surface area contributed by atoms with E-state index < -0.39 is 0 Å². The van der Waals surface area contributed by atoms with E-state index in [1.807, 2.05) is 12.1 Å². The SMILES string of the molecule is CCN(c1ccccc1)c1ccccc1CCl. The quantitative estimate of drug-likeness (QED) is 0.713. The van der Waals surface area contributed by atoms with E-state index in [1.165, 1.54) is 16.9 Å². The van der Waals surface area contributed by atoms with Crippen LogP contribution in [0.3, 0.4) is 0 Å². The predicted molar refractivity (Wildman–Crippen MR) is 75.1 cm³/mol. The zero-order chi connectivity index (χ0) is 12.1. The molecule has 0 aromatic heterocycles. The Morgan fingerprint density at radius 1 is 0.941 bits per heavy atom. The molecule has 0 N–H and O–H groups in total. The van der Waals surface area contributed by atoms with Gasteiger partial charge in [-0.15, -0.1) is 11.6 Å². The van der Waals surface area contributed by atoms with Crippen molar-refractivity contribution in [3.63, 3.8) is 0 Å². The van der Waals surface area contributed by atoms with E-state index in [9.17, 15) is 0 Å². The molecule has 2 aromatic carbocycles. The van der Waals surface area contributed by atoms with Crippen LogP contribution in [0.5, 0.6) is 0 Å². The molecule has 88 valence electrons. The minimum atomic E-state index is 0.541. The van der Waals surface area contributed by atoms with Gasteiger partial charge in [0.15, 0.2) is 0 Å². The van der Waals surface area contributed by atoms with Gasteiger partial charge in [0.25, 0.3) is 0 Å². The minimum absolute atomic E-state index is 0.541. The van der Waals surface area contributed by atoms with Crippen LogP contribution in [0.4, 0.5) is 11.4 Å². The molecular weight excluding hydrogens is 230 g/mol. The van der Waals surface area contributed by atoms with E-state index in [2.05, 4.69) is 54.3 Å². The van der Waals surface area contributed by atoms with Crippen molar-refractivity contribution in [3.8, 4) is 0 Å². The molecule has 1 nitrogen and oxygen atoms in total. The summed E-state index contributed by atoms with van der Waals surface area (Å²) in [6.45, 7) is 3.08. The lowest BCUT2D eigenvalue weighted by Crippen LogP contribution is -2.17. The molecule has 17 heavy (non-hydrogen) atoms. The number of rotatable bonds is 4. The fourth-order valence-electron chi connectivity index (χ4n) is 1.99. The van der Waals surface area contributed by atoms with Crippen molar-refractivity contribution in [2.75, 3.05) is 11.4 Å². The van der Waals surface area contributed by atoms with Crippen LogP contribution < -0.4 is 4.90 Å². The predicted octanol–water partition coefficient (Wildman–Crippen LogP) is 4.58. The van der Waals surface area contributed by atoms with Crippen LogP contribution in [0.25, 0.3) is 0 Å². The average molecular weight is 246 g/mol. The molecule has 0 amide bonds. The van der Waals surface area contributed by atoms with Gasteiger partial charge in [0.2, 0.25) is 0 Å². The van der Waals surface area contributed by atoms with Gasteiger partial charge in [-0.2, -0.15) is 0 Å². The monoisotopic (exact) mass is 245 g/mol. The first-order chi connectivity index (χ1) is 8.36. The molecule has 0 spiro atoms. The van der Waals surface area contributed by atoms with Crippen molar-refractivity contribution in [2.45, 2.75) is 12.8 Å². The first-order valence-corrected chi connectivity index (χ1v) is 6.36. The van der Waals surface area contributed by atoms with Crippen LogP contribution in [0, 0.1) is 0 Å². The summed E-state index contributed by atoms with van der Waals surface area (Å²) in [5.41, 5.74) is 3.56. The van der Waals surface area contributed by atoms with E-state index in [0.717, 1.165) is 6.54 Å². The van der Waals surface area contributed by atoms with Gasteiger partial charge in [0.05, 0.1) is 0 Å². The Hall–Kier alpha value is -1.47. The second-order valence-corrected chi connectivity index (χ2v) is 4.11. The normalized spacial score (nSPS) is 10.2. The largest absolute Gasteiger partial charge is 0.342 e. The smallest absolute Gasteiger partial charge is 0.0494 e. The van der Waals surface area contributed by atoms with Gasteiger partial charge in [0.1, 0.15) is 0 Å². The summed E-state index contributed by atoms with van der Waals surface area (Å²) in [5.74, 6) is 0.541. The fraction of sp³-hybridized carbons (Fsp3) is 0.200. The highest BCUT2D eigenvalue weighted by molar-refractivity contribution is 6.17. The highest BCUT2D eigenvalue weighted by atomic mass is 35.5. The van der Waals surface area contributed by atoms with Gasteiger partial charge in [-0.3, -0.25) is 0 Å². The molecule has 0 unspecified atom stereocenters. The Morgan fingerprint density at radius 2 is 1.59 bits per heavy atom. The van der Waals surface area contributed by atoms with Crippen molar-refractivity contribution in [2.24, 2.45) is 0 Å². The minimum Gasteiger partial charge on any atom is -0.342 e. The number of halogens is 1. The zero-order valence-corrected chi connectivity index (χ0v) is 10.7. The van der Waals surface area contributed by atoms with Crippen LogP contribution in [-0.4, -0.2) is 6.54 Å². The van der Waals surface area contributed by atoms with Crippen molar-refractivity contribution in [3.05, 3.63) is 60.2 Å². The number of para-hydroxylation sites is 2. The first-order valence-electron chi connectivity index (χ1n) is 5.83. The number of hydrogen-bond donors (Lipinski definition) is 0. The molecule has 0 radical (unpaired) electrons. The summed E-state index contributed by atoms with van der Waals surface area (Å²) < 4.78 is 0. The molecule has 0 saturated carbocycles. The summed E-state index contributed by atoms with van der Waals surface area (Å²) >= 11 is 5.99. The molecule has 0 bridgehead atoms. The molecule has 2 aromatic rings. The van der Waals surface area contributed by atoms with Crippen molar-refractivity contribution < 1.29 is 0 Å². The van der Waals surface area contributed by atoms with E-state index >= 15 is 0 Å². The molecule has 2 rings (SSSR count). The lowest BCUT2D eigenvalue weighted by molar-refractivity contribution is 1.01. The summed E-state index contributed by atoms with van der Waals surface area (Å²) in [5, 5.41) is 0. The Morgan fingerprint density at radius 3 is 2.24 bits per heavy atom. The highest BCUT2D eigenvalue weighted by Gasteiger charge is 2.09. The highest BCUT2D eigenvalue weighted by Crippen LogP contribution is 2.28. The second-order valence-electron chi connectivity index (χ2n) is 3.84. The third-order valence-corrected chi connectivity index (χ3v) is 3.10. The molecule has 0 aliphatic rings. The Balaban J connectivity index is 2.42. The lowest BCUT2D eigenvalue weighted by Gasteiger charge is -2.25. The van der Waals surface area contributed by atoms with Gasteiger partial charge >= 0.3 is 0 Å². The number of nitrogens with zero attached hydrogens (tertiary/aromatic N) is 1. The van der Waals surface area contributed by atoms with Crippen LogP contribution in [-0.2, 0) is 5.88 Å². The third kappa shape index (κ3) is 2.62. The maximum absolute atomic E-state index is 5.99. The van der Waals surface area contributed by atoms with Crippen molar-refractivity contribution >= 4 is 23.0 Å². The molecule has 0 atom stereocenters. The topological polar surface area (TPSA) is 3.24 Å². The first kappa shape index (κ1) is 12.0. The molecule has 0 aliphatic carbocycles. The standard InChI is InChI=1S/C15H16ClN/c1-2-17(14-9-4-3-5-10-14)15-11-7-6-8-13(15)12-16/h3-11H,2,12H2,1H3. The fourth-order valence-corrected chi connectivity index (χ4v) is 2.21. The van der Waals surface area contributed by atoms with Crippen LogP contribution >= 0.6 is 11.6 Å². The summed E-state index contributed by atoms with van der Waals surface area (Å²) in [6.07, 6.45) is 0. The van der Waals surface area contributed by atoms with Gasteiger partial charge in [-0.1, -0.05) is 36.4 Å². The van der Waals surface area contributed by atoms with Crippen LogP contribution in [0.15, 0.2) is 54.6 Å². The van der Waals surface area contributed by atoms with Crippen LogP contribution in [0.2, 0.25) is 0 Å². The van der Waals surface area contributed by atoms with Gasteiger partial charge in [-0.25, -0.2) is 0 Å². The molecule has 2 heteroatoms. The van der Waals surface area contributed by atoms with Crippen molar-refractivity contribution in [1.82, 2.24) is 0 Å². The van der Waals surface area contributed by atoms with Gasteiger partial charge < -0.3 is 4.90 Å². The maximum Gasteiger partial charge on any atom is 0.0494 e. The summed E-state index contributed by atoms with van der Waals surface area (Å²) in [7, 11) is 0. The van der Waals surface area contributed by atoms with E-state index in [0.29, 0.717) is 5.88 Å². The average Bonchev–Trinajstić information content (AvgIpc) is 2.41. The van der Waals surface area contributed by atoms with Crippen molar-refractivity contribution in [1.29, 1.82) is 0 Å². The van der Waals surface area contributed by atoms with E-state index in [-0.39, 0.29) is 0 Å². The third-order valence-electron chi connectivity index (χ3n) is 2.81. The number of anilines is 2. The second kappa shape index (κ2) is 5.74. The molecule has 0 saturated heterocycles. The molecular formula is C15H16ClN. The Bertz CT molecular complexity index is 467. The molecule has 0 fully saturated rings. The Labute approximate surface area is 108 Å². The number of hydrogen-bond acceptors (Lipinski definition) is 1. The summed E-state index contributed by atoms with van der Waals surface area (Å²) in [6, 6.07) is 18.7. The van der Waals surface area contributed by atoms with Gasteiger partial charge in [-0.05, 0) is 30.7 Å². The van der Waals surface area contributed by atoms with E-state index in [1.54, 1.807) is 0 Å². The number of benzene rings is 2. The molecule has 0 heterocycles. The number of alkyl halides is 1. The van der Waals surface area contributed by atoms with E-state index in [4.69, 9.17) is 11.6 Å².